The largest absolute Gasteiger partial charge is 0.300 e. The molecule has 4 rings (SSSR count). The molecule has 0 bridgehead atoms. The van der Waals surface area contributed by atoms with E-state index >= 15 is 0 Å². The number of carbonyl (C=O) groups excluding carboxylic acids is 1. The van der Waals surface area contributed by atoms with E-state index in [0.717, 1.165) is 54.8 Å². The lowest BCUT2D eigenvalue weighted by Crippen LogP contribution is -2.49. The highest BCUT2D eigenvalue weighted by atomic mass is 16.1. The summed E-state index contributed by atoms with van der Waals surface area (Å²) in [5.74, 6) is 6.24. The van der Waals surface area contributed by atoms with Crippen molar-refractivity contribution >= 4 is 5.78 Å². The summed E-state index contributed by atoms with van der Waals surface area (Å²) in [6.45, 7) is 15.0. The molecule has 0 amide bonds. The fourth-order valence-electron chi connectivity index (χ4n) is 8.97. The molecular weight excluding hydrogens is 364 g/mol. The highest BCUT2D eigenvalue weighted by molar-refractivity contribution is 5.79. The van der Waals surface area contributed by atoms with Gasteiger partial charge in [-0.2, -0.15) is 0 Å². The fourth-order valence-corrected chi connectivity index (χ4v) is 8.97. The number of rotatable bonds is 6. The minimum absolute atomic E-state index is 0.397. The van der Waals surface area contributed by atoms with Crippen molar-refractivity contribution in [2.24, 2.45) is 52.3 Å². The molecule has 0 heterocycles. The van der Waals surface area contributed by atoms with E-state index in [0.29, 0.717) is 22.5 Å². The zero-order valence-electron chi connectivity index (χ0n) is 20.8. The van der Waals surface area contributed by atoms with Crippen LogP contribution in [0.25, 0.3) is 0 Å². The predicted octanol–water partition coefficient (Wildman–Crippen LogP) is 8.23. The van der Waals surface area contributed by atoms with Crippen LogP contribution in [-0.2, 0) is 4.79 Å². The molecule has 1 unspecified atom stereocenters. The van der Waals surface area contributed by atoms with Crippen LogP contribution >= 0.6 is 0 Å². The average molecular weight is 413 g/mol. The molecule has 3 saturated carbocycles. The minimum Gasteiger partial charge on any atom is -0.300 e. The fraction of sp³-hybridized carbons (Fsp3) is 0.897. The molecule has 0 aromatic carbocycles. The maximum Gasteiger partial charge on any atom is 0.133 e. The van der Waals surface area contributed by atoms with Gasteiger partial charge in [-0.1, -0.05) is 66.0 Å². The number of fused-ring (bicyclic) bond motifs is 5. The zero-order valence-corrected chi connectivity index (χ0v) is 20.8. The summed E-state index contributed by atoms with van der Waals surface area (Å²) in [7, 11) is 0. The monoisotopic (exact) mass is 412 g/mol. The second-order valence-electron chi connectivity index (χ2n) is 12.7. The van der Waals surface area contributed by atoms with Crippen LogP contribution in [0.4, 0.5) is 0 Å². The first-order chi connectivity index (χ1) is 14.2. The number of ketones is 1. The van der Waals surface area contributed by atoms with Gasteiger partial charge in [-0.3, -0.25) is 4.79 Å². The molecule has 0 N–H and O–H groups in total. The van der Waals surface area contributed by atoms with Crippen LogP contribution in [0, 0.1) is 52.3 Å². The highest BCUT2D eigenvalue weighted by Gasteiger charge is 2.58. The van der Waals surface area contributed by atoms with Gasteiger partial charge >= 0.3 is 0 Å². The van der Waals surface area contributed by atoms with Crippen LogP contribution in [0.1, 0.15) is 112 Å². The summed E-state index contributed by atoms with van der Waals surface area (Å²) >= 11 is 0. The third-order valence-electron chi connectivity index (χ3n) is 11.1. The minimum atomic E-state index is 0.397. The molecule has 0 aromatic heterocycles. The summed E-state index contributed by atoms with van der Waals surface area (Å²) in [5.41, 5.74) is 2.77. The Hall–Kier alpha value is -0.590. The van der Waals surface area contributed by atoms with E-state index in [1.165, 1.54) is 51.4 Å². The van der Waals surface area contributed by atoms with Crippen molar-refractivity contribution in [1.82, 2.24) is 0 Å². The van der Waals surface area contributed by atoms with Gasteiger partial charge in [0.1, 0.15) is 5.78 Å². The van der Waals surface area contributed by atoms with Crippen molar-refractivity contribution in [3.63, 3.8) is 0 Å². The molecule has 4 aliphatic rings. The molecule has 0 radical (unpaired) electrons. The molecule has 170 valence electrons. The van der Waals surface area contributed by atoms with Gasteiger partial charge in [-0.05, 0) is 97.2 Å². The van der Waals surface area contributed by atoms with E-state index in [9.17, 15) is 4.79 Å². The first-order valence-electron chi connectivity index (χ1n) is 13.4. The van der Waals surface area contributed by atoms with Gasteiger partial charge in [0.15, 0.2) is 0 Å². The van der Waals surface area contributed by atoms with E-state index < -0.39 is 0 Å². The number of hydrogen-bond acceptors (Lipinski definition) is 1. The van der Waals surface area contributed by atoms with Gasteiger partial charge in [0.05, 0.1) is 0 Å². The average Bonchev–Trinajstić information content (AvgIpc) is 3.06. The smallest absolute Gasteiger partial charge is 0.133 e. The van der Waals surface area contributed by atoms with Crippen LogP contribution in [0.2, 0.25) is 0 Å². The van der Waals surface area contributed by atoms with Gasteiger partial charge in [0, 0.05) is 12.8 Å². The Kier molecular flexibility index (Phi) is 6.33. The van der Waals surface area contributed by atoms with Crippen molar-refractivity contribution in [2.45, 2.75) is 112 Å². The molecule has 0 saturated heterocycles. The molecule has 3 fully saturated rings. The molecule has 0 spiro atoms. The van der Waals surface area contributed by atoms with Crippen LogP contribution in [0.5, 0.6) is 0 Å². The lowest BCUT2D eigenvalue weighted by Gasteiger charge is -2.57. The van der Waals surface area contributed by atoms with Gasteiger partial charge < -0.3 is 0 Å². The highest BCUT2D eigenvalue weighted by Crippen LogP contribution is 2.66. The molecular formula is C29H48O. The number of hydrogen-bond donors (Lipinski definition) is 0. The van der Waals surface area contributed by atoms with Crippen molar-refractivity contribution in [3.8, 4) is 0 Å². The lowest BCUT2D eigenvalue weighted by atomic mass is 9.47. The molecule has 4 aliphatic carbocycles. The first kappa shape index (κ1) is 22.6. The Morgan fingerprint density at radius 2 is 1.73 bits per heavy atom. The zero-order chi connectivity index (χ0) is 21.7. The van der Waals surface area contributed by atoms with Crippen LogP contribution in [0.15, 0.2) is 11.6 Å². The summed E-state index contributed by atoms with van der Waals surface area (Å²) in [6.07, 6.45) is 16.5. The maximum absolute atomic E-state index is 12.1. The standard InChI is InChI=1S/C29H48O/c1-7-21(19(2)3)9-8-20(4)25-12-13-26-24-11-10-22-18-23(30)14-16-28(22,5)27(24)15-17-29(25,26)6/h11,19-22,25-27H,7-10,12-18H2,1-6H3/t20-,21?,22+,25-,26+,27+,28+,29-/m1/s1. The Morgan fingerprint density at radius 3 is 2.43 bits per heavy atom. The molecule has 1 nitrogen and oxygen atoms in total. The third-order valence-corrected chi connectivity index (χ3v) is 11.1. The van der Waals surface area contributed by atoms with Crippen molar-refractivity contribution in [1.29, 1.82) is 0 Å². The number of carbonyl (C=O) groups is 1. The first-order valence-corrected chi connectivity index (χ1v) is 13.4. The Labute approximate surface area is 186 Å². The van der Waals surface area contributed by atoms with Gasteiger partial charge in [-0.25, -0.2) is 0 Å². The van der Waals surface area contributed by atoms with Gasteiger partial charge in [0.25, 0.3) is 0 Å². The van der Waals surface area contributed by atoms with Gasteiger partial charge in [-0.15, -0.1) is 0 Å². The molecule has 0 aliphatic heterocycles. The lowest BCUT2D eigenvalue weighted by molar-refractivity contribution is -0.127. The SMILES string of the molecule is CCC(CC[C@@H](C)[C@H]1CC[C@H]2C3=CC[C@H]4CC(=O)CC[C@]4(C)[C@H]3CC[C@]12C)C(C)C. The molecule has 0 aromatic rings. The summed E-state index contributed by atoms with van der Waals surface area (Å²) in [6, 6.07) is 0. The number of allylic oxidation sites excluding steroid dienone is 2. The van der Waals surface area contributed by atoms with Crippen molar-refractivity contribution < 1.29 is 4.79 Å². The summed E-state index contributed by atoms with van der Waals surface area (Å²) in [4.78, 5) is 12.1. The van der Waals surface area contributed by atoms with E-state index in [1.807, 2.05) is 5.57 Å². The van der Waals surface area contributed by atoms with Crippen LogP contribution in [0.3, 0.4) is 0 Å². The summed E-state index contributed by atoms with van der Waals surface area (Å²) in [5, 5.41) is 0. The maximum atomic E-state index is 12.1. The van der Waals surface area contributed by atoms with E-state index in [1.54, 1.807) is 0 Å². The number of Topliss-reactive ketones (excluding diaryl/α,β-unsaturated/α-hetero) is 1. The topological polar surface area (TPSA) is 17.1 Å². The van der Waals surface area contributed by atoms with E-state index in [-0.39, 0.29) is 0 Å². The normalized spacial score (nSPS) is 42.9. The second-order valence-corrected chi connectivity index (χ2v) is 12.7. The van der Waals surface area contributed by atoms with Crippen molar-refractivity contribution in [2.75, 3.05) is 0 Å². The quantitative estimate of drug-likeness (QED) is 0.401. The Balaban J connectivity index is 1.49. The molecule has 30 heavy (non-hydrogen) atoms. The van der Waals surface area contributed by atoms with Crippen LogP contribution in [-0.4, -0.2) is 5.78 Å². The van der Waals surface area contributed by atoms with Crippen molar-refractivity contribution in [3.05, 3.63) is 11.6 Å². The Morgan fingerprint density at radius 1 is 1.00 bits per heavy atom. The molecule has 8 atom stereocenters. The molecule has 1 heteroatoms. The van der Waals surface area contributed by atoms with E-state index in [4.69, 9.17) is 0 Å². The van der Waals surface area contributed by atoms with Gasteiger partial charge in [0.2, 0.25) is 0 Å². The second kappa shape index (κ2) is 8.40. The summed E-state index contributed by atoms with van der Waals surface area (Å²) < 4.78 is 0. The predicted molar refractivity (Wildman–Crippen MR) is 127 cm³/mol. The van der Waals surface area contributed by atoms with Crippen LogP contribution < -0.4 is 0 Å². The van der Waals surface area contributed by atoms with E-state index in [2.05, 4.69) is 47.6 Å². The Bertz CT molecular complexity index is 674. The third kappa shape index (κ3) is 3.65.